The third kappa shape index (κ3) is 2.02. The number of amidine groups is 1. The second-order valence-electron chi connectivity index (χ2n) is 3.38. The molecular weight excluding hydrogens is 219 g/mol. The van der Waals surface area contributed by atoms with Crippen LogP contribution in [0.3, 0.4) is 0 Å². The summed E-state index contributed by atoms with van der Waals surface area (Å²) in [6.45, 7) is 0. The fraction of sp³-hybridized carbons (Fsp3) is 0.300. The molecule has 14 heavy (non-hydrogen) atoms. The molecule has 0 spiro atoms. The van der Waals surface area contributed by atoms with Crippen LogP contribution in [0.4, 0.5) is 5.69 Å². The number of benzene rings is 1. The van der Waals surface area contributed by atoms with Gasteiger partial charge in [-0.15, -0.1) is 0 Å². The number of halogens is 2. The van der Waals surface area contributed by atoms with Crippen LogP contribution in [0.5, 0.6) is 0 Å². The Kier molecular flexibility index (Phi) is 2.66. The van der Waals surface area contributed by atoms with Gasteiger partial charge in [0.1, 0.15) is 5.84 Å². The molecule has 1 aliphatic carbocycles. The van der Waals surface area contributed by atoms with E-state index >= 15 is 0 Å². The fourth-order valence-corrected chi connectivity index (χ4v) is 1.53. The van der Waals surface area contributed by atoms with Crippen LogP contribution in [0, 0.1) is 5.92 Å². The largest absolute Gasteiger partial charge is 0.387 e. The van der Waals surface area contributed by atoms with E-state index in [0.29, 0.717) is 27.5 Å². The average molecular weight is 229 g/mol. The molecule has 2 rings (SSSR count). The monoisotopic (exact) mass is 228 g/mol. The van der Waals surface area contributed by atoms with Gasteiger partial charge >= 0.3 is 0 Å². The zero-order valence-corrected chi connectivity index (χ0v) is 9.02. The first-order valence-corrected chi connectivity index (χ1v) is 5.22. The second kappa shape index (κ2) is 3.79. The van der Waals surface area contributed by atoms with Gasteiger partial charge in [0.25, 0.3) is 0 Å². The number of aliphatic imine (C=N–C) groups is 1. The number of nitrogens with two attached hydrogens (primary N) is 1. The van der Waals surface area contributed by atoms with Crippen LogP contribution < -0.4 is 5.73 Å². The van der Waals surface area contributed by atoms with Crippen LogP contribution in [0.2, 0.25) is 10.0 Å². The maximum absolute atomic E-state index is 5.97. The van der Waals surface area contributed by atoms with E-state index in [0.717, 1.165) is 12.8 Å². The van der Waals surface area contributed by atoms with Gasteiger partial charge in [0, 0.05) is 5.92 Å². The van der Waals surface area contributed by atoms with Crippen LogP contribution in [-0.4, -0.2) is 5.84 Å². The Morgan fingerprint density at radius 1 is 1.36 bits per heavy atom. The minimum absolute atomic E-state index is 0.449. The van der Waals surface area contributed by atoms with Crippen LogP contribution in [0.15, 0.2) is 23.2 Å². The molecule has 0 radical (unpaired) electrons. The molecule has 1 fully saturated rings. The van der Waals surface area contributed by atoms with Crippen LogP contribution in [0.25, 0.3) is 0 Å². The van der Waals surface area contributed by atoms with Crippen molar-refractivity contribution in [3.8, 4) is 0 Å². The summed E-state index contributed by atoms with van der Waals surface area (Å²) in [6.07, 6.45) is 2.26. The molecule has 0 aromatic heterocycles. The van der Waals surface area contributed by atoms with Crippen molar-refractivity contribution in [2.45, 2.75) is 12.8 Å². The zero-order valence-electron chi connectivity index (χ0n) is 7.50. The summed E-state index contributed by atoms with van der Waals surface area (Å²) in [5.41, 5.74) is 6.43. The smallest absolute Gasteiger partial charge is 0.103 e. The maximum Gasteiger partial charge on any atom is 0.103 e. The number of hydrogen-bond donors (Lipinski definition) is 1. The number of rotatable bonds is 2. The summed E-state index contributed by atoms with van der Waals surface area (Å²) in [5, 5.41) is 0.981. The molecule has 0 aliphatic heterocycles. The van der Waals surface area contributed by atoms with Crippen LogP contribution >= 0.6 is 23.2 Å². The van der Waals surface area contributed by atoms with E-state index in [9.17, 15) is 0 Å². The highest BCUT2D eigenvalue weighted by molar-refractivity contribution is 6.43. The normalized spacial score (nSPS) is 17.1. The highest BCUT2D eigenvalue weighted by Crippen LogP contribution is 2.34. The van der Waals surface area contributed by atoms with E-state index < -0.39 is 0 Å². The summed E-state index contributed by atoms with van der Waals surface area (Å²) in [7, 11) is 0. The Balaban J connectivity index is 2.31. The molecule has 0 bridgehead atoms. The van der Waals surface area contributed by atoms with Crippen molar-refractivity contribution >= 4 is 34.7 Å². The summed E-state index contributed by atoms with van der Waals surface area (Å²) in [6, 6.07) is 5.35. The second-order valence-corrected chi connectivity index (χ2v) is 4.17. The van der Waals surface area contributed by atoms with Crippen LogP contribution in [-0.2, 0) is 0 Å². The highest BCUT2D eigenvalue weighted by atomic mass is 35.5. The highest BCUT2D eigenvalue weighted by Gasteiger charge is 2.25. The number of nitrogens with zero attached hydrogens (tertiary/aromatic N) is 1. The molecule has 0 amide bonds. The summed E-state index contributed by atoms with van der Waals surface area (Å²) >= 11 is 11.8. The summed E-state index contributed by atoms with van der Waals surface area (Å²) in [5.74, 6) is 1.11. The molecular formula is C10H10Cl2N2. The lowest BCUT2D eigenvalue weighted by Gasteiger charge is -2.01. The zero-order chi connectivity index (χ0) is 10.1. The third-order valence-corrected chi connectivity index (χ3v) is 2.99. The van der Waals surface area contributed by atoms with Gasteiger partial charge in [0.15, 0.2) is 0 Å². The molecule has 1 saturated carbocycles. The molecule has 0 saturated heterocycles. The lowest BCUT2D eigenvalue weighted by Crippen LogP contribution is -2.13. The Labute approximate surface area is 92.7 Å². The molecule has 4 heteroatoms. The van der Waals surface area contributed by atoms with Crippen molar-refractivity contribution in [1.82, 2.24) is 0 Å². The van der Waals surface area contributed by atoms with Crippen molar-refractivity contribution < 1.29 is 0 Å². The van der Waals surface area contributed by atoms with Gasteiger partial charge in [-0.25, -0.2) is 4.99 Å². The van der Waals surface area contributed by atoms with E-state index in [2.05, 4.69) is 4.99 Å². The maximum atomic E-state index is 5.97. The first kappa shape index (κ1) is 9.81. The van der Waals surface area contributed by atoms with Gasteiger partial charge < -0.3 is 5.73 Å². The van der Waals surface area contributed by atoms with Gasteiger partial charge in [-0.2, -0.15) is 0 Å². The van der Waals surface area contributed by atoms with Gasteiger partial charge in [-0.05, 0) is 25.0 Å². The van der Waals surface area contributed by atoms with E-state index in [1.54, 1.807) is 6.07 Å². The SMILES string of the molecule is NC(=Nc1cccc(Cl)c1Cl)C1CC1. The Morgan fingerprint density at radius 2 is 2.07 bits per heavy atom. The first-order valence-electron chi connectivity index (χ1n) is 4.46. The predicted octanol–water partition coefficient (Wildman–Crippen LogP) is 3.39. The molecule has 74 valence electrons. The van der Waals surface area contributed by atoms with Gasteiger partial charge in [0.2, 0.25) is 0 Å². The molecule has 1 aliphatic rings. The Bertz CT molecular complexity index is 384. The van der Waals surface area contributed by atoms with Gasteiger partial charge in [0.05, 0.1) is 15.7 Å². The standard InChI is InChI=1S/C10H10Cl2N2/c11-7-2-1-3-8(9(7)12)14-10(13)6-4-5-6/h1-3,6H,4-5H2,(H2,13,14). The molecule has 0 heterocycles. The third-order valence-electron chi connectivity index (χ3n) is 2.18. The molecule has 2 N–H and O–H groups in total. The molecule has 1 aromatic rings. The Morgan fingerprint density at radius 3 is 2.71 bits per heavy atom. The van der Waals surface area contributed by atoms with Crippen molar-refractivity contribution in [3.05, 3.63) is 28.2 Å². The molecule has 2 nitrogen and oxygen atoms in total. The van der Waals surface area contributed by atoms with E-state index in [1.807, 2.05) is 12.1 Å². The topological polar surface area (TPSA) is 38.4 Å². The van der Waals surface area contributed by atoms with E-state index in [1.165, 1.54) is 0 Å². The first-order chi connectivity index (χ1) is 6.68. The predicted molar refractivity (Wildman–Crippen MR) is 60.5 cm³/mol. The van der Waals surface area contributed by atoms with Gasteiger partial charge in [-0.3, -0.25) is 0 Å². The molecule has 0 unspecified atom stereocenters. The summed E-state index contributed by atoms with van der Waals surface area (Å²) in [4.78, 5) is 4.26. The lowest BCUT2D eigenvalue weighted by molar-refractivity contribution is 1.15. The fourth-order valence-electron chi connectivity index (χ4n) is 1.19. The quantitative estimate of drug-likeness (QED) is 0.612. The minimum Gasteiger partial charge on any atom is -0.387 e. The van der Waals surface area contributed by atoms with Crippen molar-refractivity contribution in [2.75, 3.05) is 0 Å². The van der Waals surface area contributed by atoms with Crippen molar-refractivity contribution in [1.29, 1.82) is 0 Å². The molecule has 1 aromatic carbocycles. The summed E-state index contributed by atoms with van der Waals surface area (Å²) < 4.78 is 0. The molecule has 0 atom stereocenters. The van der Waals surface area contributed by atoms with Crippen molar-refractivity contribution in [2.24, 2.45) is 16.6 Å². The van der Waals surface area contributed by atoms with Crippen LogP contribution in [0.1, 0.15) is 12.8 Å². The van der Waals surface area contributed by atoms with E-state index in [-0.39, 0.29) is 0 Å². The van der Waals surface area contributed by atoms with E-state index in [4.69, 9.17) is 28.9 Å². The average Bonchev–Trinajstić information content (AvgIpc) is 2.95. The Hall–Kier alpha value is -0.730. The minimum atomic E-state index is 0.449. The lowest BCUT2D eigenvalue weighted by atomic mass is 10.3. The van der Waals surface area contributed by atoms with Gasteiger partial charge in [-0.1, -0.05) is 29.3 Å². The number of hydrogen-bond acceptors (Lipinski definition) is 1. The van der Waals surface area contributed by atoms with Crippen molar-refractivity contribution in [3.63, 3.8) is 0 Å².